The Morgan fingerprint density at radius 1 is 1.06 bits per heavy atom. The molecule has 0 aromatic heterocycles. The van der Waals surface area contributed by atoms with Gasteiger partial charge in [0, 0.05) is 6.04 Å². The van der Waals surface area contributed by atoms with Gasteiger partial charge in [0.15, 0.2) is 0 Å². The SMILES string of the molecule is CC1CCC(C(N)CC2CCSCC2)CC1. The van der Waals surface area contributed by atoms with Gasteiger partial charge in [0.25, 0.3) is 0 Å². The predicted molar refractivity (Wildman–Crippen MR) is 73.8 cm³/mol. The highest BCUT2D eigenvalue weighted by Crippen LogP contribution is 2.34. The van der Waals surface area contributed by atoms with Crippen LogP contribution in [0, 0.1) is 17.8 Å². The highest BCUT2D eigenvalue weighted by Gasteiger charge is 2.26. The Morgan fingerprint density at radius 2 is 1.69 bits per heavy atom. The van der Waals surface area contributed by atoms with Crippen LogP contribution in [0.2, 0.25) is 0 Å². The van der Waals surface area contributed by atoms with E-state index in [0.717, 1.165) is 17.8 Å². The third kappa shape index (κ3) is 3.66. The Hall–Kier alpha value is 0.310. The van der Waals surface area contributed by atoms with Crippen LogP contribution >= 0.6 is 11.8 Å². The van der Waals surface area contributed by atoms with Crippen LogP contribution in [0.15, 0.2) is 0 Å². The highest BCUT2D eigenvalue weighted by molar-refractivity contribution is 7.99. The van der Waals surface area contributed by atoms with E-state index in [9.17, 15) is 0 Å². The van der Waals surface area contributed by atoms with Gasteiger partial charge in [0.05, 0.1) is 0 Å². The van der Waals surface area contributed by atoms with E-state index in [4.69, 9.17) is 5.73 Å². The van der Waals surface area contributed by atoms with Gasteiger partial charge in [-0.15, -0.1) is 0 Å². The zero-order valence-electron chi connectivity index (χ0n) is 10.7. The van der Waals surface area contributed by atoms with E-state index in [1.807, 2.05) is 0 Å². The minimum atomic E-state index is 0.501. The van der Waals surface area contributed by atoms with Gasteiger partial charge < -0.3 is 5.73 Å². The van der Waals surface area contributed by atoms with Crippen molar-refractivity contribution in [2.24, 2.45) is 23.5 Å². The summed E-state index contributed by atoms with van der Waals surface area (Å²) >= 11 is 2.12. The Kier molecular flexibility index (Phi) is 5.02. The maximum absolute atomic E-state index is 6.42. The first-order valence-corrected chi connectivity index (χ1v) is 8.24. The maximum atomic E-state index is 6.42. The van der Waals surface area contributed by atoms with Crippen molar-refractivity contribution in [1.82, 2.24) is 0 Å². The van der Waals surface area contributed by atoms with Crippen molar-refractivity contribution in [3.05, 3.63) is 0 Å². The fourth-order valence-corrected chi connectivity index (χ4v) is 4.48. The molecule has 2 N–H and O–H groups in total. The van der Waals surface area contributed by atoms with Crippen LogP contribution in [-0.2, 0) is 0 Å². The van der Waals surface area contributed by atoms with Gasteiger partial charge in [0.1, 0.15) is 0 Å². The molecule has 1 heterocycles. The number of rotatable bonds is 3. The molecule has 1 nitrogen and oxygen atoms in total. The minimum absolute atomic E-state index is 0.501. The molecule has 0 spiro atoms. The number of hydrogen-bond donors (Lipinski definition) is 1. The summed E-state index contributed by atoms with van der Waals surface area (Å²) in [6, 6.07) is 0.501. The zero-order chi connectivity index (χ0) is 11.4. The molecule has 16 heavy (non-hydrogen) atoms. The molecule has 2 fully saturated rings. The van der Waals surface area contributed by atoms with Crippen LogP contribution in [0.4, 0.5) is 0 Å². The van der Waals surface area contributed by atoms with E-state index >= 15 is 0 Å². The van der Waals surface area contributed by atoms with Crippen molar-refractivity contribution in [3.63, 3.8) is 0 Å². The first-order chi connectivity index (χ1) is 7.75. The van der Waals surface area contributed by atoms with Gasteiger partial charge in [-0.2, -0.15) is 11.8 Å². The monoisotopic (exact) mass is 241 g/mol. The second-order valence-corrected chi connectivity index (χ2v) is 7.20. The van der Waals surface area contributed by atoms with Crippen molar-refractivity contribution in [3.8, 4) is 0 Å². The summed E-state index contributed by atoms with van der Waals surface area (Å²) in [6.45, 7) is 2.39. The molecule has 1 aliphatic heterocycles. The number of hydrogen-bond acceptors (Lipinski definition) is 2. The molecular weight excluding hydrogens is 214 g/mol. The summed E-state index contributed by atoms with van der Waals surface area (Å²) in [4.78, 5) is 0. The third-order valence-electron chi connectivity index (χ3n) is 4.61. The molecule has 94 valence electrons. The van der Waals surface area contributed by atoms with Gasteiger partial charge in [0.2, 0.25) is 0 Å². The van der Waals surface area contributed by atoms with E-state index in [0.29, 0.717) is 6.04 Å². The smallest absolute Gasteiger partial charge is 0.00698 e. The average molecular weight is 241 g/mol. The topological polar surface area (TPSA) is 26.0 Å². The van der Waals surface area contributed by atoms with Crippen LogP contribution in [0.25, 0.3) is 0 Å². The molecule has 2 heteroatoms. The molecule has 2 aliphatic rings. The highest BCUT2D eigenvalue weighted by atomic mass is 32.2. The van der Waals surface area contributed by atoms with Crippen molar-refractivity contribution in [1.29, 1.82) is 0 Å². The van der Waals surface area contributed by atoms with E-state index in [2.05, 4.69) is 18.7 Å². The lowest BCUT2D eigenvalue weighted by atomic mass is 9.77. The van der Waals surface area contributed by atoms with Crippen LogP contribution in [0.5, 0.6) is 0 Å². The second-order valence-electron chi connectivity index (χ2n) is 5.98. The van der Waals surface area contributed by atoms with E-state index in [1.54, 1.807) is 0 Å². The Morgan fingerprint density at radius 3 is 2.31 bits per heavy atom. The van der Waals surface area contributed by atoms with Crippen LogP contribution in [0.3, 0.4) is 0 Å². The summed E-state index contributed by atoms with van der Waals surface area (Å²) in [7, 11) is 0. The summed E-state index contributed by atoms with van der Waals surface area (Å²) in [5.41, 5.74) is 6.42. The molecule has 0 bridgehead atoms. The lowest BCUT2D eigenvalue weighted by Crippen LogP contribution is -2.35. The fraction of sp³-hybridized carbons (Fsp3) is 1.00. The minimum Gasteiger partial charge on any atom is -0.327 e. The predicted octanol–water partition coefficient (Wildman–Crippen LogP) is 3.67. The first-order valence-electron chi connectivity index (χ1n) is 7.09. The van der Waals surface area contributed by atoms with Crippen molar-refractivity contribution in [2.45, 2.75) is 57.9 Å². The van der Waals surface area contributed by atoms with Crippen molar-refractivity contribution in [2.75, 3.05) is 11.5 Å². The molecule has 1 saturated heterocycles. The third-order valence-corrected chi connectivity index (χ3v) is 5.66. The van der Waals surface area contributed by atoms with Crippen LogP contribution in [-0.4, -0.2) is 17.5 Å². The summed E-state index contributed by atoms with van der Waals surface area (Å²) in [6.07, 6.45) is 9.76. The molecule has 0 aromatic rings. The van der Waals surface area contributed by atoms with Crippen molar-refractivity contribution < 1.29 is 0 Å². The van der Waals surface area contributed by atoms with Gasteiger partial charge in [-0.1, -0.05) is 19.8 Å². The molecular formula is C14H27NS. The second kappa shape index (κ2) is 6.30. The fourth-order valence-electron chi connectivity index (χ4n) is 3.27. The van der Waals surface area contributed by atoms with E-state index in [-0.39, 0.29) is 0 Å². The van der Waals surface area contributed by atoms with E-state index in [1.165, 1.54) is 56.5 Å². The Bertz CT molecular complexity index is 193. The Balaban J connectivity index is 1.72. The molecule has 0 radical (unpaired) electrons. The molecule has 1 atom stereocenters. The van der Waals surface area contributed by atoms with E-state index < -0.39 is 0 Å². The van der Waals surface area contributed by atoms with Gasteiger partial charge in [-0.3, -0.25) is 0 Å². The van der Waals surface area contributed by atoms with Crippen LogP contribution < -0.4 is 5.73 Å². The standard InChI is InChI=1S/C14H27NS/c1-11-2-4-13(5-3-11)14(15)10-12-6-8-16-9-7-12/h11-14H,2-10,15H2,1H3. The summed E-state index contributed by atoms with van der Waals surface area (Å²) < 4.78 is 0. The molecule has 1 aliphatic carbocycles. The largest absolute Gasteiger partial charge is 0.327 e. The number of nitrogens with two attached hydrogens (primary N) is 1. The quantitative estimate of drug-likeness (QED) is 0.816. The van der Waals surface area contributed by atoms with Gasteiger partial charge in [-0.25, -0.2) is 0 Å². The maximum Gasteiger partial charge on any atom is 0.00698 e. The molecule has 2 rings (SSSR count). The molecule has 1 saturated carbocycles. The summed E-state index contributed by atoms with van der Waals surface area (Å²) in [5.74, 6) is 5.48. The van der Waals surface area contributed by atoms with Crippen LogP contribution in [0.1, 0.15) is 51.9 Å². The van der Waals surface area contributed by atoms with Gasteiger partial charge in [-0.05, 0) is 61.4 Å². The Labute approximate surface area is 105 Å². The lowest BCUT2D eigenvalue weighted by Gasteiger charge is -2.33. The van der Waals surface area contributed by atoms with Crippen molar-refractivity contribution >= 4 is 11.8 Å². The average Bonchev–Trinajstić information content (AvgIpc) is 2.31. The first kappa shape index (κ1) is 12.8. The summed E-state index contributed by atoms with van der Waals surface area (Å²) in [5, 5.41) is 0. The normalized spacial score (nSPS) is 34.9. The molecule has 0 amide bonds. The molecule has 1 unspecified atom stereocenters. The lowest BCUT2D eigenvalue weighted by molar-refractivity contribution is 0.229. The number of thioether (sulfide) groups is 1. The molecule has 0 aromatic carbocycles. The van der Waals surface area contributed by atoms with Gasteiger partial charge >= 0.3 is 0 Å². The zero-order valence-corrected chi connectivity index (χ0v) is 11.5.